The first-order chi connectivity index (χ1) is 8.35. The van der Waals surface area contributed by atoms with Crippen molar-refractivity contribution in [2.24, 2.45) is 5.73 Å². The van der Waals surface area contributed by atoms with Gasteiger partial charge in [0.2, 0.25) is 0 Å². The molecule has 17 heavy (non-hydrogen) atoms. The van der Waals surface area contributed by atoms with Crippen LogP contribution in [0.4, 0.5) is 0 Å². The van der Waals surface area contributed by atoms with Gasteiger partial charge in [0.25, 0.3) is 0 Å². The highest BCUT2D eigenvalue weighted by Gasteiger charge is 2.08. The normalized spacial score (nSPS) is 10.7. The Morgan fingerprint density at radius 2 is 2.00 bits per heavy atom. The molecule has 0 amide bonds. The van der Waals surface area contributed by atoms with E-state index in [1.54, 1.807) is 6.20 Å². The van der Waals surface area contributed by atoms with E-state index in [2.05, 4.69) is 36.3 Å². The van der Waals surface area contributed by atoms with Gasteiger partial charge in [-0.2, -0.15) is 0 Å². The van der Waals surface area contributed by atoms with Gasteiger partial charge in [-0.05, 0) is 18.4 Å². The number of unbranched alkanes of at least 4 members (excludes halogenated alkanes) is 1. The number of nitrogens with two attached hydrogens (primary N) is 1. The number of aryl methyl sites for hydroxylation is 1. The summed E-state index contributed by atoms with van der Waals surface area (Å²) < 4.78 is 5.23. The van der Waals surface area contributed by atoms with Crippen molar-refractivity contribution in [2.75, 3.05) is 0 Å². The molecule has 0 saturated carbocycles. The fourth-order valence-corrected chi connectivity index (χ4v) is 1.85. The van der Waals surface area contributed by atoms with Crippen LogP contribution in [0.1, 0.15) is 30.9 Å². The Balaban J connectivity index is 2.17. The zero-order chi connectivity index (χ0) is 12.1. The Labute approximate surface area is 102 Å². The third-order valence-corrected chi connectivity index (χ3v) is 2.90. The molecule has 0 aliphatic carbocycles. The first kappa shape index (κ1) is 11.9. The van der Waals surface area contributed by atoms with E-state index in [4.69, 9.17) is 10.3 Å². The molecule has 2 aromatic rings. The molecule has 0 aliphatic rings. The summed E-state index contributed by atoms with van der Waals surface area (Å²) in [4.78, 5) is 0. The van der Waals surface area contributed by atoms with Crippen molar-refractivity contribution >= 4 is 0 Å². The first-order valence-corrected chi connectivity index (χ1v) is 6.08. The van der Waals surface area contributed by atoms with Crippen LogP contribution in [0.15, 0.2) is 35.0 Å². The van der Waals surface area contributed by atoms with E-state index in [9.17, 15) is 0 Å². The van der Waals surface area contributed by atoms with Crippen molar-refractivity contribution in [3.05, 3.63) is 41.6 Å². The van der Waals surface area contributed by atoms with Crippen LogP contribution in [0.2, 0.25) is 0 Å². The number of nitrogens with zero attached hydrogens (tertiary/aromatic N) is 1. The van der Waals surface area contributed by atoms with Crippen LogP contribution in [0.5, 0.6) is 0 Å². The van der Waals surface area contributed by atoms with E-state index in [-0.39, 0.29) is 0 Å². The van der Waals surface area contributed by atoms with E-state index in [1.165, 1.54) is 18.4 Å². The molecule has 0 fully saturated rings. The molecule has 1 aromatic carbocycles. The number of aromatic nitrogens is 1. The van der Waals surface area contributed by atoms with Crippen LogP contribution >= 0.6 is 0 Å². The van der Waals surface area contributed by atoms with Gasteiger partial charge in [0.15, 0.2) is 5.76 Å². The Morgan fingerprint density at radius 1 is 1.24 bits per heavy atom. The largest absolute Gasteiger partial charge is 0.356 e. The maximum absolute atomic E-state index is 5.63. The fraction of sp³-hybridized carbons (Fsp3) is 0.357. The molecule has 3 nitrogen and oxygen atoms in total. The topological polar surface area (TPSA) is 52.0 Å². The average Bonchev–Trinajstić information content (AvgIpc) is 2.85. The highest BCUT2D eigenvalue weighted by atomic mass is 16.5. The number of hydrogen-bond donors (Lipinski definition) is 1. The Kier molecular flexibility index (Phi) is 3.94. The minimum atomic E-state index is 0.455. The molecule has 2 rings (SSSR count). The van der Waals surface area contributed by atoms with E-state index < -0.39 is 0 Å². The third kappa shape index (κ3) is 2.74. The van der Waals surface area contributed by atoms with Crippen LogP contribution in [-0.4, -0.2) is 5.16 Å². The maximum atomic E-state index is 5.63. The Morgan fingerprint density at radius 3 is 2.65 bits per heavy atom. The predicted molar refractivity (Wildman–Crippen MR) is 68.4 cm³/mol. The Hall–Kier alpha value is -1.61. The van der Waals surface area contributed by atoms with Crippen LogP contribution in [0.25, 0.3) is 11.3 Å². The standard InChI is InChI=1S/C14H18N2O/c1-2-3-4-11-5-7-12(8-6-11)14-13(9-15)10-16-17-14/h5-8,10H,2-4,9,15H2,1H3. The quantitative estimate of drug-likeness (QED) is 0.858. The van der Waals surface area contributed by atoms with Crippen LogP contribution < -0.4 is 5.73 Å². The summed E-state index contributed by atoms with van der Waals surface area (Å²) in [7, 11) is 0. The molecule has 3 heteroatoms. The van der Waals surface area contributed by atoms with Crippen LogP contribution in [-0.2, 0) is 13.0 Å². The van der Waals surface area contributed by atoms with Crippen molar-refractivity contribution in [3.63, 3.8) is 0 Å². The molecule has 0 atom stereocenters. The molecule has 90 valence electrons. The minimum absolute atomic E-state index is 0.455. The van der Waals surface area contributed by atoms with Gasteiger partial charge in [0, 0.05) is 17.7 Å². The van der Waals surface area contributed by atoms with Crippen molar-refractivity contribution in [2.45, 2.75) is 32.7 Å². The fourth-order valence-electron chi connectivity index (χ4n) is 1.85. The van der Waals surface area contributed by atoms with Crippen molar-refractivity contribution in [1.29, 1.82) is 0 Å². The molecule has 0 radical (unpaired) electrons. The molecular weight excluding hydrogens is 212 g/mol. The molecule has 1 heterocycles. The van der Waals surface area contributed by atoms with Gasteiger partial charge in [-0.25, -0.2) is 0 Å². The summed E-state index contributed by atoms with van der Waals surface area (Å²) in [5, 5.41) is 3.79. The summed E-state index contributed by atoms with van der Waals surface area (Å²) in [6.45, 7) is 2.66. The SMILES string of the molecule is CCCCc1ccc(-c2oncc2CN)cc1. The van der Waals surface area contributed by atoms with Crippen LogP contribution in [0.3, 0.4) is 0 Å². The van der Waals surface area contributed by atoms with Gasteiger partial charge in [-0.1, -0.05) is 42.8 Å². The van der Waals surface area contributed by atoms with E-state index in [1.807, 2.05) is 0 Å². The second kappa shape index (κ2) is 5.64. The van der Waals surface area contributed by atoms with Gasteiger partial charge in [0.05, 0.1) is 6.20 Å². The molecule has 0 bridgehead atoms. The highest BCUT2D eigenvalue weighted by Crippen LogP contribution is 2.23. The van der Waals surface area contributed by atoms with Gasteiger partial charge in [-0.3, -0.25) is 0 Å². The summed E-state index contributed by atoms with van der Waals surface area (Å²) in [6.07, 6.45) is 5.27. The van der Waals surface area contributed by atoms with Gasteiger partial charge >= 0.3 is 0 Å². The summed E-state index contributed by atoms with van der Waals surface area (Å²) >= 11 is 0. The van der Waals surface area contributed by atoms with Gasteiger partial charge < -0.3 is 10.3 Å². The zero-order valence-electron chi connectivity index (χ0n) is 10.1. The number of hydrogen-bond acceptors (Lipinski definition) is 3. The smallest absolute Gasteiger partial charge is 0.171 e. The molecule has 2 N–H and O–H groups in total. The van der Waals surface area contributed by atoms with E-state index in [0.29, 0.717) is 6.54 Å². The molecule has 0 aliphatic heterocycles. The summed E-state index contributed by atoms with van der Waals surface area (Å²) in [5.41, 5.74) is 8.99. The molecule has 0 saturated heterocycles. The highest BCUT2D eigenvalue weighted by molar-refractivity contribution is 5.60. The van der Waals surface area contributed by atoms with Crippen molar-refractivity contribution in [1.82, 2.24) is 5.16 Å². The lowest BCUT2D eigenvalue weighted by molar-refractivity contribution is 0.431. The van der Waals surface area contributed by atoms with Crippen molar-refractivity contribution < 1.29 is 4.52 Å². The number of benzene rings is 1. The monoisotopic (exact) mass is 230 g/mol. The van der Waals surface area contributed by atoms with Gasteiger partial charge in [-0.15, -0.1) is 0 Å². The second-order valence-corrected chi connectivity index (χ2v) is 4.18. The molecular formula is C14H18N2O. The zero-order valence-corrected chi connectivity index (χ0v) is 10.1. The maximum Gasteiger partial charge on any atom is 0.171 e. The lowest BCUT2D eigenvalue weighted by Gasteiger charge is -2.02. The number of rotatable bonds is 5. The first-order valence-electron chi connectivity index (χ1n) is 6.08. The molecule has 0 unspecified atom stereocenters. The van der Waals surface area contributed by atoms with Crippen LogP contribution in [0, 0.1) is 0 Å². The molecule has 1 aromatic heterocycles. The minimum Gasteiger partial charge on any atom is -0.356 e. The predicted octanol–water partition coefficient (Wildman–Crippen LogP) is 3.14. The molecule has 0 spiro atoms. The summed E-state index contributed by atoms with van der Waals surface area (Å²) in [5.74, 6) is 0.787. The van der Waals surface area contributed by atoms with Gasteiger partial charge in [0.1, 0.15) is 0 Å². The Bertz CT molecular complexity index is 459. The second-order valence-electron chi connectivity index (χ2n) is 4.18. The van der Waals surface area contributed by atoms with E-state index >= 15 is 0 Å². The van der Waals surface area contributed by atoms with Crippen molar-refractivity contribution in [3.8, 4) is 11.3 Å². The average molecular weight is 230 g/mol. The summed E-state index contributed by atoms with van der Waals surface area (Å²) in [6, 6.07) is 8.44. The lowest BCUT2D eigenvalue weighted by Crippen LogP contribution is -1.96. The third-order valence-electron chi connectivity index (χ3n) is 2.90. The van der Waals surface area contributed by atoms with E-state index in [0.717, 1.165) is 23.3 Å². The lowest BCUT2D eigenvalue weighted by atomic mass is 10.0.